The molecule has 1 aliphatic carbocycles. The Morgan fingerprint density at radius 2 is 1.91 bits per heavy atom. The van der Waals surface area contributed by atoms with E-state index in [0.29, 0.717) is 11.5 Å². The Morgan fingerprint density at radius 1 is 1.26 bits per heavy atom. The molecule has 0 radical (unpaired) electrons. The van der Waals surface area contributed by atoms with Crippen molar-refractivity contribution in [1.82, 2.24) is 5.32 Å². The van der Waals surface area contributed by atoms with E-state index in [1.165, 1.54) is 18.2 Å². The molecule has 1 aromatic rings. The molecule has 0 bridgehead atoms. The predicted molar refractivity (Wildman–Crippen MR) is 79.5 cm³/mol. The second-order valence-corrected chi connectivity index (χ2v) is 5.49. The van der Waals surface area contributed by atoms with Gasteiger partial charge in [-0.2, -0.15) is 13.2 Å². The van der Waals surface area contributed by atoms with Crippen LogP contribution in [0.4, 0.5) is 18.9 Å². The summed E-state index contributed by atoms with van der Waals surface area (Å²) < 4.78 is 36.9. The van der Waals surface area contributed by atoms with Gasteiger partial charge in [-0.1, -0.05) is 23.8 Å². The molecule has 1 fully saturated rings. The Balaban J connectivity index is 1.98. The number of amides is 2. The summed E-state index contributed by atoms with van der Waals surface area (Å²) >= 11 is 0. The van der Waals surface area contributed by atoms with Crippen molar-refractivity contribution in [3.63, 3.8) is 0 Å². The van der Waals surface area contributed by atoms with Crippen LogP contribution in [-0.4, -0.2) is 18.0 Å². The third-order valence-electron chi connectivity index (χ3n) is 3.56. The molecule has 124 valence electrons. The van der Waals surface area contributed by atoms with E-state index >= 15 is 0 Å². The van der Waals surface area contributed by atoms with Gasteiger partial charge in [0.15, 0.2) is 0 Å². The molecule has 0 unspecified atom stereocenters. The molecule has 0 aromatic heterocycles. The van der Waals surface area contributed by atoms with Crippen molar-refractivity contribution in [2.24, 2.45) is 5.92 Å². The zero-order valence-electron chi connectivity index (χ0n) is 12.5. The van der Waals surface area contributed by atoms with E-state index in [1.54, 1.807) is 12.1 Å². The van der Waals surface area contributed by atoms with Crippen LogP contribution < -0.4 is 10.6 Å². The first-order valence-electron chi connectivity index (χ1n) is 7.19. The molecule has 4 nitrogen and oxygen atoms in total. The summed E-state index contributed by atoms with van der Waals surface area (Å²) in [6.07, 6.45) is -1.28. The summed E-state index contributed by atoms with van der Waals surface area (Å²) in [7, 11) is 0. The summed E-state index contributed by atoms with van der Waals surface area (Å²) in [4.78, 5) is 22.8. The number of alkyl halides is 3. The molecule has 1 saturated carbocycles. The number of hydrogen-bond donors (Lipinski definition) is 2. The number of rotatable bonds is 5. The van der Waals surface area contributed by atoms with E-state index < -0.39 is 12.1 Å². The maximum absolute atomic E-state index is 12.3. The van der Waals surface area contributed by atoms with Gasteiger partial charge in [0.05, 0.1) is 0 Å². The number of anilines is 1. The molecule has 23 heavy (non-hydrogen) atoms. The predicted octanol–water partition coefficient (Wildman–Crippen LogP) is 3.16. The highest BCUT2D eigenvalue weighted by atomic mass is 19.4. The highest BCUT2D eigenvalue weighted by molar-refractivity contribution is 5.95. The summed E-state index contributed by atoms with van der Waals surface area (Å²) in [5, 5.41) is 4.43. The minimum atomic E-state index is -4.96. The number of allylic oxidation sites excluding steroid dienone is 1. The van der Waals surface area contributed by atoms with Gasteiger partial charge in [-0.3, -0.25) is 9.59 Å². The standard InChI is InChI=1S/C16H17F3N2O2/c1-10(11-6-7-11)8-14(22)20-9-12-4-2-3-5-13(12)21-15(23)16(17,18)19/h2-5,8,11H,6-7,9H2,1H3,(H,20,22)(H,21,23)/b10-8+. The van der Waals surface area contributed by atoms with Gasteiger partial charge in [0.1, 0.15) is 0 Å². The van der Waals surface area contributed by atoms with Crippen molar-refractivity contribution < 1.29 is 22.8 Å². The lowest BCUT2D eigenvalue weighted by atomic mass is 10.1. The van der Waals surface area contributed by atoms with Crippen molar-refractivity contribution >= 4 is 17.5 Å². The van der Waals surface area contributed by atoms with E-state index in [9.17, 15) is 22.8 Å². The number of carbonyl (C=O) groups is 2. The highest BCUT2D eigenvalue weighted by Gasteiger charge is 2.38. The van der Waals surface area contributed by atoms with Gasteiger partial charge in [0.2, 0.25) is 5.91 Å². The third-order valence-corrected chi connectivity index (χ3v) is 3.56. The van der Waals surface area contributed by atoms with Gasteiger partial charge in [-0.15, -0.1) is 0 Å². The fourth-order valence-corrected chi connectivity index (χ4v) is 2.09. The molecule has 1 aliphatic rings. The number of carbonyl (C=O) groups excluding carboxylic acids is 2. The van der Waals surface area contributed by atoms with Crippen LogP contribution in [0.15, 0.2) is 35.9 Å². The van der Waals surface area contributed by atoms with Crippen LogP contribution >= 0.6 is 0 Å². The first-order chi connectivity index (χ1) is 10.8. The smallest absolute Gasteiger partial charge is 0.348 e. The zero-order valence-corrected chi connectivity index (χ0v) is 12.5. The Hall–Kier alpha value is -2.31. The van der Waals surface area contributed by atoms with Crippen LogP contribution in [0.2, 0.25) is 0 Å². The van der Waals surface area contributed by atoms with E-state index in [2.05, 4.69) is 5.32 Å². The molecule has 0 spiro atoms. The van der Waals surface area contributed by atoms with Gasteiger partial charge in [0.25, 0.3) is 0 Å². The SMILES string of the molecule is C/C(=C\C(=O)NCc1ccccc1NC(=O)C(F)(F)F)C1CC1. The summed E-state index contributed by atoms with van der Waals surface area (Å²) in [6.45, 7) is 1.91. The first kappa shape index (κ1) is 17.1. The summed E-state index contributed by atoms with van der Waals surface area (Å²) in [6, 6.07) is 6.03. The molecule has 2 N–H and O–H groups in total. The van der Waals surface area contributed by atoms with Gasteiger partial charge in [-0.25, -0.2) is 0 Å². The Morgan fingerprint density at radius 3 is 2.52 bits per heavy atom. The fourth-order valence-electron chi connectivity index (χ4n) is 2.09. The van der Waals surface area contributed by atoms with Crippen LogP contribution in [0, 0.1) is 5.92 Å². The zero-order chi connectivity index (χ0) is 17.0. The van der Waals surface area contributed by atoms with Crippen molar-refractivity contribution in [2.75, 3.05) is 5.32 Å². The number of nitrogens with one attached hydrogen (secondary N) is 2. The van der Waals surface area contributed by atoms with Gasteiger partial charge >= 0.3 is 12.1 Å². The average molecular weight is 326 g/mol. The normalized spacial score (nSPS) is 15.2. The number of benzene rings is 1. The van der Waals surface area contributed by atoms with Crippen LogP contribution in [0.3, 0.4) is 0 Å². The van der Waals surface area contributed by atoms with Crippen molar-refractivity contribution in [2.45, 2.75) is 32.5 Å². The lowest BCUT2D eigenvalue weighted by Gasteiger charge is -2.12. The van der Waals surface area contributed by atoms with Gasteiger partial charge < -0.3 is 10.6 Å². The third kappa shape index (κ3) is 5.12. The lowest BCUT2D eigenvalue weighted by molar-refractivity contribution is -0.167. The maximum Gasteiger partial charge on any atom is 0.471 e. The van der Waals surface area contributed by atoms with Crippen LogP contribution in [0.5, 0.6) is 0 Å². The fraction of sp³-hybridized carbons (Fsp3) is 0.375. The largest absolute Gasteiger partial charge is 0.471 e. The highest BCUT2D eigenvalue weighted by Crippen LogP contribution is 2.35. The molecular weight excluding hydrogens is 309 g/mol. The minimum Gasteiger partial charge on any atom is -0.348 e. The average Bonchev–Trinajstić information content (AvgIpc) is 3.30. The monoisotopic (exact) mass is 326 g/mol. The van der Waals surface area contributed by atoms with E-state index in [0.717, 1.165) is 18.4 Å². The number of halogens is 3. The Kier molecular flexibility index (Phi) is 5.08. The molecule has 7 heteroatoms. The Labute approximate surface area is 131 Å². The first-order valence-corrected chi connectivity index (χ1v) is 7.19. The summed E-state index contributed by atoms with van der Waals surface area (Å²) in [5.74, 6) is -1.87. The van der Waals surface area contributed by atoms with Gasteiger partial charge in [0, 0.05) is 18.3 Å². The second-order valence-electron chi connectivity index (χ2n) is 5.49. The van der Waals surface area contributed by atoms with Crippen LogP contribution in [0.25, 0.3) is 0 Å². The van der Waals surface area contributed by atoms with Gasteiger partial charge in [-0.05, 0) is 37.3 Å². The minimum absolute atomic E-state index is 0.0259. The molecule has 0 atom stereocenters. The van der Waals surface area contributed by atoms with E-state index in [4.69, 9.17) is 0 Å². The number of hydrogen-bond acceptors (Lipinski definition) is 2. The quantitative estimate of drug-likeness (QED) is 0.817. The van der Waals surface area contributed by atoms with Crippen LogP contribution in [-0.2, 0) is 16.1 Å². The molecular formula is C16H17F3N2O2. The lowest BCUT2D eigenvalue weighted by Crippen LogP contribution is -2.30. The Bertz CT molecular complexity index is 634. The van der Waals surface area contributed by atoms with Crippen LogP contribution in [0.1, 0.15) is 25.3 Å². The topological polar surface area (TPSA) is 58.2 Å². The second kappa shape index (κ2) is 6.85. The van der Waals surface area contributed by atoms with E-state index in [-0.39, 0.29) is 18.1 Å². The molecule has 0 saturated heterocycles. The molecule has 1 aromatic carbocycles. The van der Waals surface area contributed by atoms with Crippen molar-refractivity contribution in [1.29, 1.82) is 0 Å². The summed E-state index contributed by atoms with van der Waals surface area (Å²) in [5.41, 5.74) is 1.43. The number of para-hydroxylation sites is 1. The maximum atomic E-state index is 12.3. The molecule has 0 aliphatic heterocycles. The van der Waals surface area contributed by atoms with Crippen molar-refractivity contribution in [3.05, 3.63) is 41.5 Å². The molecule has 2 rings (SSSR count). The van der Waals surface area contributed by atoms with Crippen molar-refractivity contribution in [3.8, 4) is 0 Å². The molecule has 0 heterocycles. The molecule has 2 amide bonds. The van der Waals surface area contributed by atoms with E-state index in [1.807, 2.05) is 12.2 Å².